The Labute approximate surface area is 194 Å². The number of rotatable bonds is 4. The van der Waals surface area contributed by atoms with Crippen molar-refractivity contribution in [2.24, 2.45) is 0 Å². The van der Waals surface area contributed by atoms with E-state index in [1.165, 1.54) is 6.20 Å². The van der Waals surface area contributed by atoms with E-state index in [1.54, 1.807) is 29.6 Å². The topological polar surface area (TPSA) is 125 Å². The summed E-state index contributed by atoms with van der Waals surface area (Å²) in [5.41, 5.74) is 5.59. The third-order valence-corrected chi connectivity index (χ3v) is 5.68. The summed E-state index contributed by atoms with van der Waals surface area (Å²) in [5, 5.41) is 21.7. The van der Waals surface area contributed by atoms with Gasteiger partial charge in [-0.05, 0) is 47.5 Å². The average molecular weight is 449 g/mol. The first-order chi connectivity index (χ1) is 16.7. The fourth-order valence-corrected chi connectivity index (χ4v) is 3.98. The molecule has 0 atom stereocenters. The molecule has 3 N–H and O–H groups in total. The minimum atomic E-state index is -0.178. The zero-order valence-corrected chi connectivity index (χ0v) is 17.9. The lowest BCUT2D eigenvalue weighted by Gasteiger charge is -2.15. The Kier molecular flexibility index (Phi) is 4.80. The van der Waals surface area contributed by atoms with Crippen LogP contribution >= 0.6 is 0 Å². The van der Waals surface area contributed by atoms with Crippen LogP contribution in [0.5, 0.6) is 0 Å². The molecule has 10 heteroatoms. The van der Waals surface area contributed by atoms with E-state index in [1.807, 2.05) is 42.5 Å². The SMILES string of the molecule is O=C(Nc1ccnnc1)N1Cc2ccc(-c3nccc(Nc4ccc5[nH]ncc5c4)n3)cc2C1. The van der Waals surface area contributed by atoms with Gasteiger partial charge in [-0.2, -0.15) is 15.3 Å². The molecule has 2 amide bonds. The number of carbonyl (C=O) groups excluding carboxylic acids is 1. The number of urea groups is 1. The van der Waals surface area contributed by atoms with E-state index >= 15 is 0 Å². The molecule has 0 saturated carbocycles. The van der Waals surface area contributed by atoms with E-state index in [0.29, 0.717) is 30.4 Å². The summed E-state index contributed by atoms with van der Waals surface area (Å²) >= 11 is 0. The zero-order valence-electron chi connectivity index (χ0n) is 17.9. The molecule has 5 aromatic rings. The van der Waals surface area contributed by atoms with Crippen molar-refractivity contribution in [1.82, 2.24) is 35.3 Å². The van der Waals surface area contributed by atoms with Gasteiger partial charge in [0.25, 0.3) is 0 Å². The minimum absolute atomic E-state index is 0.178. The lowest BCUT2D eigenvalue weighted by molar-refractivity contribution is 0.212. The first-order valence-electron chi connectivity index (χ1n) is 10.7. The molecule has 0 spiro atoms. The predicted molar refractivity (Wildman–Crippen MR) is 127 cm³/mol. The van der Waals surface area contributed by atoms with Gasteiger partial charge in [0.05, 0.1) is 29.8 Å². The van der Waals surface area contributed by atoms with E-state index in [4.69, 9.17) is 4.98 Å². The van der Waals surface area contributed by atoms with Gasteiger partial charge >= 0.3 is 6.03 Å². The Hall–Kier alpha value is -4.86. The maximum absolute atomic E-state index is 12.6. The summed E-state index contributed by atoms with van der Waals surface area (Å²) in [4.78, 5) is 23.5. The van der Waals surface area contributed by atoms with Crippen molar-refractivity contribution >= 4 is 34.1 Å². The van der Waals surface area contributed by atoms with Crippen LogP contribution in [0.25, 0.3) is 22.3 Å². The van der Waals surface area contributed by atoms with Crippen LogP contribution in [0.2, 0.25) is 0 Å². The van der Waals surface area contributed by atoms with Gasteiger partial charge < -0.3 is 15.5 Å². The molecule has 166 valence electrons. The number of fused-ring (bicyclic) bond motifs is 2. The molecule has 0 radical (unpaired) electrons. The highest BCUT2D eigenvalue weighted by atomic mass is 16.2. The van der Waals surface area contributed by atoms with E-state index < -0.39 is 0 Å². The van der Waals surface area contributed by atoms with Crippen LogP contribution in [-0.2, 0) is 13.1 Å². The number of anilines is 3. The maximum atomic E-state index is 12.6. The van der Waals surface area contributed by atoms with Crippen molar-refractivity contribution in [3.63, 3.8) is 0 Å². The van der Waals surface area contributed by atoms with Crippen LogP contribution in [0.3, 0.4) is 0 Å². The Morgan fingerprint density at radius 1 is 0.912 bits per heavy atom. The van der Waals surface area contributed by atoms with Crippen LogP contribution in [0, 0.1) is 0 Å². The number of carbonyl (C=O) groups is 1. The lowest BCUT2D eigenvalue weighted by atomic mass is 10.1. The number of aromatic nitrogens is 6. The number of nitrogens with zero attached hydrogens (tertiary/aromatic N) is 6. The Morgan fingerprint density at radius 2 is 1.85 bits per heavy atom. The highest BCUT2D eigenvalue weighted by Crippen LogP contribution is 2.28. The summed E-state index contributed by atoms with van der Waals surface area (Å²) in [7, 11) is 0. The third-order valence-electron chi connectivity index (χ3n) is 5.68. The minimum Gasteiger partial charge on any atom is -0.340 e. The van der Waals surface area contributed by atoms with E-state index in [0.717, 1.165) is 33.3 Å². The summed E-state index contributed by atoms with van der Waals surface area (Å²) in [6.07, 6.45) is 6.58. The smallest absolute Gasteiger partial charge is 0.322 e. The number of hydrogen-bond acceptors (Lipinski definition) is 7. The first kappa shape index (κ1) is 19.8. The first-order valence-corrected chi connectivity index (χ1v) is 10.7. The van der Waals surface area contributed by atoms with Crippen molar-refractivity contribution in [2.75, 3.05) is 10.6 Å². The van der Waals surface area contributed by atoms with Crippen LogP contribution in [0.1, 0.15) is 11.1 Å². The quantitative estimate of drug-likeness (QED) is 0.377. The number of amides is 2. The Bertz CT molecular complexity index is 1500. The highest BCUT2D eigenvalue weighted by Gasteiger charge is 2.24. The molecule has 10 nitrogen and oxygen atoms in total. The molecule has 3 aromatic heterocycles. The fourth-order valence-electron chi connectivity index (χ4n) is 3.98. The lowest BCUT2D eigenvalue weighted by Crippen LogP contribution is -2.30. The number of nitrogens with one attached hydrogen (secondary N) is 3. The normalized spacial score (nSPS) is 12.5. The average Bonchev–Trinajstić information content (AvgIpc) is 3.51. The molecule has 0 aliphatic carbocycles. The molecule has 0 bridgehead atoms. The molecule has 6 rings (SSSR count). The Morgan fingerprint density at radius 3 is 2.76 bits per heavy atom. The van der Waals surface area contributed by atoms with Crippen LogP contribution in [0.4, 0.5) is 22.0 Å². The van der Waals surface area contributed by atoms with Gasteiger partial charge in [0.1, 0.15) is 5.82 Å². The maximum Gasteiger partial charge on any atom is 0.322 e. The van der Waals surface area contributed by atoms with Gasteiger partial charge in [0, 0.05) is 35.9 Å². The van der Waals surface area contributed by atoms with Gasteiger partial charge in [0.2, 0.25) is 0 Å². The summed E-state index contributed by atoms with van der Waals surface area (Å²) in [6, 6.07) is 15.4. The number of benzene rings is 2. The van der Waals surface area contributed by atoms with E-state index in [-0.39, 0.29) is 6.03 Å². The molecule has 1 aliphatic rings. The largest absolute Gasteiger partial charge is 0.340 e. The molecule has 2 aromatic carbocycles. The van der Waals surface area contributed by atoms with E-state index in [9.17, 15) is 4.79 Å². The molecular formula is C24H19N9O. The van der Waals surface area contributed by atoms with E-state index in [2.05, 4.69) is 36.0 Å². The number of aromatic amines is 1. The van der Waals surface area contributed by atoms with Gasteiger partial charge in [-0.15, -0.1) is 0 Å². The third kappa shape index (κ3) is 3.88. The van der Waals surface area contributed by atoms with Crippen LogP contribution in [-0.4, -0.2) is 41.3 Å². The van der Waals surface area contributed by atoms with Gasteiger partial charge in [-0.25, -0.2) is 14.8 Å². The molecule has 0 saturated heterocycles. The second kappa shape index (κ2) is 8.24. The zero-order chi connectivity index (χ0) is 22.9. The standard InChI is InChI=1S/C24H19N9O/c34-24(30-20-5-8-26-27-12-20)33-13-16-2-1-15(9-18(16)14-33)23-25-7-6-22(31-23)29-19-3-4-21-17(10-19)11-28-32-21/h1-12H,13-14H2,(H,28,32)(H,25,29,31)(H,26,30,34). The summed E-state index contributed by atoms with van der Waals surface area (Å²) in [5.74, 6) is 1.31. The second-order valence-corrected chi connectivity index (χ2v) is 7.96. The van der Waals surface area contributed by atoms with Crippen molar-refractivity contribution < 1.29 is 4.79 Å². The molecule has 1 aliphatic heterocycles. The molecule has 34 heavy (non-hydrogen) atoms. The van der Waals surface area contributed by atoms with Crippen molar-refractivity contribution in [3.05, 3.63) is 84.4 Å². The van der Waals surface area contributed by atoms with Gasteiger partial charge in [-0.3, -0.25) is 5.10 Å². The van der Waals surface area contributed by atoms with Crippen LogP contribution < -0.4 is 10.6 Å². The van der Waals surface area contributed by atoms with Crippen molar-refractivity contribution in [2.45, 2.75) is 13.1 Å². The van der Waals surface area contributed by atoms with Crippen molar-refractivity contribution in [3.8, 4) is 11.4 Å². The van der Waals surface area contributed by atoms with Gasteiger partial charge in [-0.1, -0.05) is 12.1 Å². The molecule has 0 unspecified atom stereocenters. The van der Waals surface area contributed by atoms with Gasteiger partial charge in [0.15, 0.2) is 5.82 Å². The second-order valence-electron chi connectivity index (χ2n) is 7.96. The summed E-state index contributed by atoms with van der Waals surface area (Å²) in [6.45, 7) is 1.05. The number of H-pyrrole nitrogens is 1. The molecule has 4 heterocycles. The number of hydrogen-bond donors (Lipinski definition) is 3. The van der Waals surface area contributed by atoms with Crippen molar-refractivity contribution in [1.29, 1.82) is 0 Å². The predicted octanol–water partition coefficient (Wildman–Crippen LogP) is 4.10. The molecular weight excluding hydrogens is 430 g/mol. The summed E-state index contributed by atoms with van der Waals surface area (Å²) < 4.78 is 0. The monoisotopic (exact) mass is 449 g/mol. The molecule has 0 fully saturated rings. The Balaban J connectivity index is 1.19. The van der Waals surface area contributed by atoms with Crippen LogP contribution in [0.15, 0.2) is 73.3 Å². The highest BCUT2D eigenvalue weighted by molar-refractivity contribution is 5.89. The fraction of sp³-hybridized carbons (Fsp3) is 0.0833.